The van der Waals surface area contributed by atoms with E-state index >= 15 is 0 Å². The van der Waals surface area contributed by atoms with Gasteiger partial charge in [0.1, 0.15) is 0 Å². The molecule has 3 heteroatoms. The Kier molecular flexibility index (Phi) is 4.61. The van der Waals surface area contributed by atoms with Crippen LogP contribution in [0.25, 0.3) is 5.57 Å². The highest BCUT2D eigenvalue weighted by atomic mass is 16.2. The zero-order valence-corrected chi connectivity index (χ0v) is 12.6. The highest BCUT2D eigenvalue weighted by Gasteiger charge is 2.21. The van der Waals surface area contributed by atoms with Crippen LogP contribution in [0.5, 0.6) is 0 Å². The third-order valence-electron chi connectivity index (χ3n) is 3.91. The number of aryl methyl sites for hydroxylation is 1. The summed E-state index contributed by atoms with van der Waals surface area (Å²) in [6.45, 7) is 5.09. The minimum Gasteiger partial charge on any atom is -0.330 e. The average Bonchev–Trinajstić information content (AvgIpc) is 2.43. The van der Waals surface area contributed by atoms with Crippen LogP contribution in [0.2, 0.25) is 0 Å². The van der Waals surface area contributed by atoms with Gasteiger partial charge in [0.25, 0.3) is 0 Å². The molecule has 1 amide bonds. The Morgan fingerprint density at radius 1 is 1.40 bits per heavy atom. The van der Waals surface area contributed by atoms with Gasteiger partial charge in [-0.3, -0.25) is 4.79 Å². The fourth-order valence-electron chi connectivity index (χ4n) is 2.76. The van der Waals surface area contributed by atoms with Crippen LogP contribution in [-0.2, 0) is 11.2 Å². The Balaban J connectivity index is 2.37. The van der Waals surface area contributed by atoms with Crippen molar-refractivity contribution in [1.29, 1.82) is 0 Å². The van der Waals surface area contributed by atoms with Crippen molar-refractivity contribution < 1.29 is 4.79 Å². The number of nitrogens with zero attached hydrogens (tertiary/aromatic N) is 1. The number of allylic oxidation sites excluding steroid dienone is 1. The van der Waals surface area contributed by atoms with E-state index in [1.54, 1.807) is 4.90 Å². The molecule has 108 valence electrons. The van der Waals surface area contributed by atoms with Gasteiger partial charge in [0, 0.05) is 19.2 Å². The fraction of sp³-hybridized carbons (Fsp3) is 0.471. The first-order valence-electron chi connectivity index (χ1n) is 7.34. The van der Waals surface area contributed by atoms with Crippen molar-refractivity contribution in [3.63, 3.8) is 0 Å². The highest BCUT2D eigenvalue weighted by molar-refractivity contribution is 5.96. The summed E-state index contributed by atoms with van der Waals surface area (Å²) in [6, 6.07) is 6.43. The molecule has 2 N–H and O–H groups in total. The molecule has 0 fully saturated rings. The predicted molar refractivity (Wildman–Crippen MR) is 84.7 cm³/mol. The Morgan fingerprint density at radius 2 is 2.15 bits per heavy atom. The summed E-state index contributed by atoms with van der Waals surface area (Å²) >= 11 is 0. The SMILES string of the molecule is CC(C)/C(=C\CCN)c1ccc2c(c1)CCC(=O)N2C. The molecule has 0 unspecified atom stereocenters. The molecule has 0 aromatic heterocycles. The van der Waals surface area contributed by atoms with Crippen LogP contribution < -0.4 is 10.6 Å². The normalized spacial score (nSPS) is 15.8. The molecule has 0 bridgehead atoms. The van der Waals surface area contributed by atoms with Crippen LogP contribution in [0.15, 0.2) is 24.3 Å². The number of rotatable bonds is 4. The van der Waals surface area contributed by atoms with E-state index in [1.807, 2.05) is 7.05 Å². The predicted octanol–water partition coefficient (Wildman–Crippen LogP) is 2.98. The van der Waals surface area contributed by atoms with Crippen molar-refractivity contribution in [3.05, 3.63) is 35.4 Å². The second-order valence-electron chi connectivity index (χ2n) is 5.69. The molecule has 3 nitrogen and oxygen atoms in total. The van der Waals surface area contributed by atoms with Gasteiger partial charge in [0.2, 0.25) is 5.91 Å². The number of hydrogen-bond donors (Lipinski definition) is 1. The molecule has 1 aromatic carbocycles. The lowest BCUT2D eigenvalue weighted by atomic mass is 9.90. The van der Waals surface area contributed by atoms with Gasteiger partial charge in [-0.2, -0.15) is 0 Å². The third kappa shape index (κ3) is 2.93. The number of carbonyl (C=O) groups excluding carboxylic acids is 1. The maximum absolute atomic E-state index is 11.7. The number of fused-ring (bicyclic) bond motifs is 1. The quantitative estimate of drug-likeness (QED) is 0.916. The number of carbonyl (C=O) groups is 1. The van der Waals surface area contributed by atoms with E-state index < -0.39 is 0 Å². The summed E-state index contributed by atoms with van der Waals surface area (Å²) in [5.74, 6) is 0.676. The summed E-state index contributed by atoms with van der Waals surface area (Å²) < 4.78 is 0. The molecule has 20 heavy (non-hydrogen) atoms. The topological polar surface area (TPSA) is 46.3 Å². The van der Waals surface area contributed by atoms with Gasteiger partial charge in [-0.25, -0.2) is 0 Å². The van der Waals surface area contributed by atoms with Crippen molar-refractivity contribution in [2.75, 3.05) is 18.5 Å². The van der Waals surface area contributed by atoms with Gasteiger partial charge >= 0.3 is 0 Å². The molecule has 0 saturated heterocycles. The summed E-state index contributed by atoms with van der Waals surface area (Å²) in [4.78, 5) is 13.5. The van der Waals surface area contributed by atoms with Crippen LogP contribution in [0.1, 0.15) is 37.8 Å². The van der Waals surface area contributed by atoms with Crippen LogP contribution in [-0.4, -0.2) is 19.5 Å². The molecular weight excluding hydrogens is 248 g/mol. The first-order chi connectivity index (χ1) is 9.54. The molecule has 1 aliphatic heterocycles. The van der Waals surface area contributed by atoms with Gasteiger partial charge in [0.05, 0.1) is 0 Å². The van der Waals surface area contributed by atoms with Gasteiger partial charge in [-0.15, -0.1) is 0 Å². The van der Waals surface area contributed by atoms with Crippen LogP contribution in [0, 0.1) is 5.92 Å². The van der Waals surface area contributed by atoms with Crippen molar-refractivity contribution in [2.45, 2.75) is 33.1 Å². The van der Waals surface area contributed by atoms with E-state index in [-0.39, 0.29) is 5.91 Å². The molecule has 0 aliphatic carbocycles. The molecule has 1 heterocycles. The molecule has 2 rings (SSSR count). The zero-order valence-electron chi connectivity index (χ0n) is 12.6. The highest BCUT2D eigenvalue weighted by Crippen LogP contribution is 2.32. The minimum absolute atomic E-state index is 0.202. The third-order valence-corrected chi connectivity index (χ3v) is 3.91. The van der Waals surface area contributed by atoms with E-state index in [4.69, 9.17) is 5.73 Å². The lowest BCUT2D eigenvalue weighted by Crippen LogP contribution is -2.31. The van der Waals surface area contributed by atoms with Crippen LogP contribution in [0.3, 0.4) is 0 Å². The molecule has 1 aliphatic rings. The van der Waals surface area contributed by atoms with Crippen molar-refractivity contribution >= 4 is 17.2 Å². The van der Waals surface area contributed by atoms with E-state index in [2.05, 4.69) is 38.1 Å². The van der Waals surface area contributed by atoms with Gasteiger partial charge in [-0.1, -0.05) is 26.0 Å². The smallest absolute Gasteiger partial charge is 0.227 e. The summed E-state index contributed by atoms with van der Waals surface area (Å²) in [5, 5.41) is 0. The lowest BCUT2D eigenvalue weighted by molar-refractivity contribution is -0.118. The van der Waals surface area contributed by atoms with E-state index in [9.17, 15) is 4.79 Å². The Labute approximate surface area is 121 Å². The maximum Gasteiger partial charge on any atom is 0.227 e. The lowest BCUT2D eigenvalue weighted by Gasteiger charge is -2.26. The maximum atomic E-state index is 11.7. The Hall–Kier alpha value is -1.61. The van der Waals surface area contributed by atoms with Crippen molar-refractivity contribution in [1.82, 2.24) is 0 Å². The molecule has 0 atom stereocenters. The van der Waals surface area contributed by atoms with Gasteiger partial charge in [-0.05, 0) is 54.1 Å². The van der Waals surface area contributed by atoms with Crippen LogP contribution >= 0.6 is 0 Å². The summed E-state index contributed by atoms with van der Waals surface area (Å²) in [5.41, 5.74) is 10.5. The number of benzene rings is 1. The second-order valence-corrected chi connectivity index (χ2v) is 5.69. The number of hydrogen-bond acceptors (Lipinski definition) is 2. The first kappa shape index (κ1) is 14.8. The van der Waals surface area contributed by atoms with Gasteiger partial charge < -0.3 is 10.6 Å². The molecule has 0 saturated carbocycles. The standard InChI is InChI=1S/C17H24N2O/c1-12(2)15(5-4-10-18)13-6-8-16-14(11-13)7-9-17(20)19(16)3/h5-6,8,11-12H,4,7,9-10,18H2,1-3H3/b15-5+. The van der Waals surface area contributed by atoms with E-state index in [0.29, 0.717) is 18.9 Å². The van der Waals surface area contributed by atoms with Gasteiger partial charge in [0.15, 0.2) is 0 Å². The monoisotopic (exact) mass is 272 g/mol. The number of anilines is 1. The summed E-state index contributed by atoms with van der Waals surface area (Å²) in [7, 11) is 1.85. The molecule has 0 radical (unpaired) electrons. The molecule has 0 spiro atoms. The average molecular weight is 272 g/mol. The first-order valence-corrected chi connectivity index (χ1v) is 7.34. The van der Waals surface area contributed by atoms with Crippen molar-refractivity contribution in [2.24, 2.45) is 11.7 Å². The Morgan fingerprint density at radius 3 is 2.80 bits per heavy atom. The van der Waals surface area contributed by atoms with Crippen LogP contribution in [0.4, 0.5) is 5.69 Å². The fourth-order valence-corrected chi connectivity index (χ4v) is 2.76. The molecule has 1 aromatic rings. The van der Waals surface area contributed by atoms with E-state index in [0.717, 1.165) is 18.5 Å². The number of nitrogens with two attached hydrogens (primary N) is 1. The largest absolute Gasteiger partial charge is 0.330 e. The number of amides is 1. The molecular formula is C17H24N2O. The van der Waals surface area contributed by atoms with E-state index in [1.165, 1.54) is 16.7 Å². The van der Waals surface area contributed by atoms with Crippen molar-refractivity contribution in [3.8, 4) is 0 Å². The minimum atomic E-state index is 0.202. The zero-order chi connectivity index (χ0) is 14.7. The second kappa shape index (κ2) is 6.23. The Bertz CT molecular complexity index is 532. The summed E-state index contributed by atoms with van der Waals surface area (Å²) in [6.07, 6.45) is 4.60.